The molecule has 2 aliphatic rings. The van der Waals surface area contributed by atoms with Gasteiger partial charge in [0.1, 0.15) is 11.0 Å². The fourth-order valence-electron chi connectivity index (χ4n) is 4.02. The molecular formula is C20H22ClFN4O. The summed E-state index contributed by atoms with van der Waals surface area (Å²) < 4.78 is 14.6. The average Bonchev–Trinajstić information content (AvgIpc) is 2.91. The van der Waals surface area contributed by atoms with Gasteiger partial charge >= 0.3 is 6.03 Å². The van der Waals surface area contributed by atoms with Crippen LogP contribution in [0.5, 0.6) is 0 Å². The lowest BCUT2D eigenvalue weighted by Crippen LogP contribution is -2.52. The molecule has 1 atom stereocenters. The fourth-order valence-corrected chi connectivity index (χ4v) is 4.17. The Morgan fingerprint density at radius 2 is 2.15 bits per heavy atom. The number of nitrogens with one attached hydrogen (secondary N) is 1. The lowest BCUT2D eigenvalue weighted by atomic mass is 10.0. The van der Waals surface area contributed by atoms with Gasteiger partial charge < -0.3 is 5.32 Å². The molecule has 27 heavy (non-hydrogen) atoms. The molecule has 2 aliphatic heterocycles. The van der Waals surface area contributed by atoms with Crippen LogP contribution in [0.1, 0.15) is 30.4 Å². The Morgan fingerprint density at radius 3 is 2.96 bits per heavy atom. The number of hydrogen-bond donors (Lipinski definition) is 1. The molecule has 1 aromatic carbocycles. The average molecular weight is 389 g/mol. The molecule has 7 heteroatoms. The van der Waals surface area contributed by atoms with E-state index >= 15 is 0 Å². The summed E-state index contributed by atoms with van der Waals surface area (Å²) in [7, 11) is 0. The predicted octanol–water partition coefficient (Wildman–Crippen LogP) is 4.27. The lowest BCUT2D eigenvalue weighted by molar-refractivity contribution is 0.246. The second kappa shape index (κ2) is 7.44. The first-order chi connectivity index (χ1) is 13.1. The minimum absolute atomic E-state index is 0.0413. The van der Waals surface area contributed by atoms with E-state index in [9.17, 15) is 9.18 Å². The molecule has 1 saturated heterocycles. The molecular weight excluding hydrogens is 367 g/mol. The molecule has 0 radical (unpaired) electrons. The van der Waals surface area contributed by atoms with E-state index in [0.717, 1.165) is 49.2 Å². The molecule has 0 aliphatic carbocycles. The number of halogens is 2. The molecule has 142 valence electrons. The maximum absolute atomic E-state index is 14.6. The minimum atomic E-state index is -0.392. The van der Waals surface area contributed by atoms with Crippen molar-refractivity contribution in [1.82, 2.24) is 10.3 Å². The van der Waals surface area contributed by atoms with Crippen LogP contribution in [0.15, 0.2) is 30.5 Å². The van der Waals surface area contributed by atoms with E-state index in [0.29, 0.717) is 10.8 Å². The Kier molecular flexibility index (Phi) is 5.02. The number of para-hydroxylation sites is 1. The van der Waals surface area contributed by atoms with Crippen LogP contribution in [0.25, 0.3) is 0 Å². The van der Waals surface area contributed by atoms with Crippen molar-refractivity contribution in [2.45, 2.75) is 38.8 Å². The molecule has 1 fully saturated rings. The number of aromatic nitrogens is 1. The quantitative estimate of drug-likeness (QED) is 0.781. The van der Waals surface area contributed by atoms with Crippen molar-refractivity contribution in [2.24, 2.45) is 0 Å². The zero-order valence-electron chi connectivity index (χ0n) is 15.2. The maximum Gasteiger partial charge on any atom is 0.329 e. The van der Waals surface area contributed by atoms with Gasteiger partial charge in [0, 0.05) is 17.8 Å². The number of anilines is 2. The van der Waals surface area contributed by atoms with Crippen LogP contribution < -0.4 is 15.1 Å². The van der Waals surface area contributed by atoms with Crippen LogP contribution >= 0.6 is 11.6 Å². The van der Waals surface area contributed by atoms with Crippen LogP contribution in [0.2, 0.25) is 5.15 Å². The molecule has 5 nitrogen and oxygen atoms in total. The second-order valence-corrected chi connectivity index (χ2v) is 7.50. The van der Waals surface area contributed by atoms with Crippen molar-refractivity contribution in [1.29, 1.82) is 0 Å². The van der Waals surface area contributed by atoms with Crippen molar-refractivity contribution in [3.8, 4) is 0 Å². The number of amides is 2. The second-order valence-electron chi connectivity index (χ2n) is 7.11. The van der Waals surface area contributed by atoms with E-state index in [1.165, 1.54) is 11.0 Å². The number of carbonyl (C=O) groups is 1. The summed E-state index contributed by atoms with van der Waals surface area (Å²) in [5.41, 5.74) is 2.73. The van der Waals surface area contributed by atoms with Crippen molar-refractivity contribution in [2.75, 3.05) is 22.9 Å². The fraction of sp³-hybridized carbons (Fsp3) is 0.400. The Balaban J connectivity index is 1.81. The van der Waals surface area contributed by atoms with Gasteiger partial charge in [-0.25, -0.2) is 14.2 Å². The van der Waals surface area contributed by atoms with Crippen LogP contribution in [0, 0.1) is 12.7 Å². The summed E-state index contributed by atoms with van der Waals surface area (Å²) in [5, 5.41) is 3.73. The first-order valence-electron chi connectivity index (χ1n) is 9.27. The zero-order valence-corrected chi connectivity index (χ0v) is 16.0. The van der Waals surface area contributed by atoms with Crippen molar-refractivity contribution in [3.05, 3.63) is 52.6 Å². The highest BCUT2D eigenvalue weighted by atomic mass is 35.5. The molecule has 2 amide bonds. The topological polar surface area (TPSA) is 48.5 Å². The summed E-state index contributed by atoms with van der Waals surface area (Å²) in [4.78, 5) is 21.0. The number of urea groups is 1. The van der Waals surface area contributed by atoms with E-state index in [4.69, 9.17) is 11.6 Å². The highest BCUT2D eigenvalue weighted by Crippen LogP contribution is 2.37. The number of benzene rings is 1. The Labute approximate surface area is 163 Å². The predicted molar refractivity (Wildman–Crippen MR) is 105 cm³/mol. The summed E-state index contributed by atoms with van der Waals surface area (Å²) in [5.74, 6) is -0.392. The number of aryl methyl sites for hydroxylation is 1. The molecule has 4 rings (SSSR count). The Hall–Kier alpha value is -2.18. The highest BCUT2D eigenvalue weighted by Gasteiger charge is 2.37. The largest absolute Gasteiger partial charge is 0.329 e. The Bertz CT molecular complexity index is 847. The number of pyridine rings is 1. The molecule has 1 aromatic heterocycles. The first kappa shape index (κ1) is 18.2. The SMILES string of the molecule is Cc1cccc(F)c1N1Cc2cnc(Cl)cc2N([C@@H]2CCCNCC2)C1=O. The minimum Gasteiger partial charge on any atom is -0.317 e. The van der Waals surface area contributed by atoms with Gasteiger partial charge in [-0.3, -0.25) is 9.80 Å². The first-order valence-corrected chi connectivity index (χ1v) is 9.65. The third kappa shape index (κ3) is 3.39. The molecule has 0 unspecified atom stereocenters. The van der Waals surface area contributed by atoms with Crippen molar-refractivity contribution >= 4 is 29.0 Å². The van der Waals surface area contributed by atoms with Gasteiger partial charge in [-0.05, 0) is 57.0 Å². The molecule has 1 N–H and O–H groups in total. The lowest BCUT2D eigenvalue weighted by Gasteiger charge is -2.41. The van der Waals surface area contributed by atoms with E-state index in [1.54, 1.807) is 23.2 Å². The third-order valence-corrected chi connectivity index (χ3v) is 5.53. The standard InChI is InChI=1S/C20H22ClFN4O/c1-13-4-2-6-16(22)19(13)25-12-14-11-24-18(21)10-17(14)26(20(25)27)15-5-3-8-23-9-7-15/h2,4,6,10-11,15,23H,3,5,7-9,12H2,1H3/t15-/m1/s1. The summed E-state index contributed by atoms with van der Waals surface area (Å²) in [6.07, 6.45) is 4.41. The van der Waals surface area contributed by atoms with Crippen LogP contribution in [-0.4, -0.2) is 30.1 Å². The van der Waals surface area contributed by atoms with Crippen molar-refractivity contribution in [3.63, 3.8) is 0 Å². The number of rotatable bonds is 2. The van der Waals surface area contributed by atoms with Gasteiger partial charge in [-0.15, -0.1) is 0 Å². The van der Waals surface area contributed by atoms with Gasteiger partial charge in [-0.2, -0.15) is 0 Å². The summed E-state index contributed by atoms with van der Waals surface area (Å²) in [6, 6.07) is 6.46. The van der Waals surface area contributed by atoms with Gasteiger partial charge in [0.2, 0.25) is 0 Å². The normalized spacial score (nSPS) is 20.4. The highest BCUT2D eigenvalue weighted by molar-refractivity contribution is 6.29. The van der Waals surface area contributed by atoms with E-state index in [2.05, 4.69) is 10.3 Å². The molecule has 0 spiro atoms. The van der Waals surface area contributed by atoms with Crippen LogP contribution in [0.3, 0.4) is 0 Å². The smallest absolute Gasteiger partial charge is 0.317 e. The molecule has 0 bridgehead atoms. The summed E-state index contributed by atoms with van der Waals surface area (Å²) >= 11 is 6.13. The van der Waals surface area contributed by atoms with Crippen LogP contribution in [-0.2, 0) is 6.54 Å². The maximum atomic E-state index is 14.6. The Morgan fingerprint density at radius 1 is 1.30 bits per heavy atom. The molecule has 2 aromatic rings. The van der Waals surface area contributed by atoms with Gasteiger partial charge in [-0.1, -0.05) is 23.7 Å². The van der Waals surface area contributed by atoms with E-state index in [-0.39, 0.29) is 18.6 Å². The van der Waals surface area contributed by atoms with Gasteiger partial charge in [0.05, 0.1) is 17.9 Å². The van der Waals surface area contributed by atoms with E-state index in [1.807, 2.05) is 13.0 Å². The zero-order chi connectivity index (χ0) is 19.0. The van der Waals surface area contributed by atoms with Crippen molar-refractivity contribution < 1.29 is 9.18 Å². The number of nitrogens with zero attached hydrogens (tertiary/aromatic N) is 3. The van der Waals surface area contributed by atoms with E-state index < -0.39 is 5.82 Å². The number of fused-ring (bicyclic) bond motifs is 1. The van der Waals surface area contributed by atoms with Crippen LogP contribution in [0.4, 0.5) is 20.6 Å². The number of carbonyl (C=O) groups excluding carboxylic acids is 1. The number of hydrogen-bond acceptors (Lipinski definition) is 3. The van der Waals surface area contributed by atoms with Gasteiger partial charge in [0.15, 0.2) is 0 Å². The monoisotopic (exact) mass is 388 g/mol. The molecule has 3 heterocycles. The third-order valence-electron chi connectivity index (χ3n) is 5.32. The summed E-state index contributed by atoms with van der Waals surface area (Å²) in [6.45, 7) is 3.89. The van der Waals surface area contributed by atoms with Gasteiger partial charge in [0.25, 0.3) is 0 Å². The molecule has 0 saturated carbocycles.